The summed E-state index contributed by atoms with van der Waals surface area (Å²) >= 11 is 6.14. The van der Waals surface area contributed by atoms with E-state index in [1.807, 2.05) is 0 Å². The van der Waals surface area contributed by atoms with Crippen molar-refractivity contribution in [3.05, 3.63) is 58.1 Å². The van der Waals surface area contributed by atoms with E-state index >= 15 is 0 Å². The standard InChI is InChI=1S/C18H15ClF3NO3/c19-14-8-12(9-15-16(14)26-6-2-5-25-15)17(24)23-10-11-3-1-4-13(7-11)18(20,21)22/h1,3-4,7-9H,2,5-6,10H2,(H,23,24). The monoisotopic (exact) mass is 385 g/mol. The number of fused-ring (bicyclic) bond motifs is 1. The highest BCUT2D eigenvalue weighted by molar-refractivity contribution is 6.32. The van der Waals surface area contributed by atoms with Gasteiger partial charge >= 0.3 is 6.18 Å². The molecular weight excluding hydrogens is 371 g/mol. The molecule has 1 N–H and O–H groups in total. The molecule has 0 spiro atoms. The van der Waals surface area contributed by atoms with Crippen molar-refractivity contribution < 1.29 is 27.4 Å². The second-order valence-electron chi connectivity index (χ2n) is 5.72. The van der Waals surface area contributed by atoms with Crippen LogP contribution < -0.4 is 14.8 Å². The highest BCUT2D eigenvalue weighted by Crippen LogP contribution is 2.38. The van der Waals surface area contributed by atoms with Gasteiger partial charge < -0.3 is 14.8 Å². The highest BCUT2D eigenvalue weighted by atomic mass is 35.5. The van der Waals surface area contributed by atoms with Crippen LogP contribution >= 0.6 is 11.6 Å². The van der Waals surface area contributed by atoms with E-state index in [4.69, 9.17) is 21.1 Å². The van der Waals surface area contributed by atoms with Crippen molar-refractivity contribution in [3.8, 4) is 11.5 Å². The van der Waals surface area contributed by atoms with Gasteiger partial charge in [0.25, 0.3) is 5.91 Å². The lowest BCUT2D eigenvalue weighted by Crippen LogP contribution is -2.23. The quantitative estimate of drug-likeness (QED) is 0.849. The Labute approximate surface area is 152 Å². The Morgan fingerprint density at radius 1 is 1.15 bits per heavy atom. The number of carbonyl (C=O) groups excluding carboxylic acids is 1. The number of benzene rings is 2. The fourth-order valence-electron chi connectivity index (χ4n) is 2.50. The predicted octanol–water partition coefficient (Wildman–Crippen LogP) is 4.45. The van der Waals surface area contributed by atoms with E-state index in [2.05, 4.69) is 5.32 Å². The average molecular weight is 386 g/mol. The third kappa shape index (κ3) is 4.22. The zero-order valence-electron chi connectivity index (χ0n) is 13.5. The van der Waals surface area contributed by atoms with Crippen LogP contribution in [-0.2, 0) is 12.7 Å². The van der Waals surface area contributed by atoms with Crippen molar-refractivity contribution in [2.45, 2.75) is 19.1 Å². The van der Waals surface area contributed by atoms with Gasteiger partial charge in [-0.2, -0.15) is 13.2 Å². The number of halogens is 4. The Bertz CT molecular complexity index is 824. The summed E-state index contributed by atoms with van der Waals surface area (Å²) in [7, 11) is 0. The van der Waals surface area contributed by atoms with Crippen LogP contribution in [0.1, 0.15) is 27.9 Å². The van der Waals surface area contributed by atoms with Gasteiger partial charge in [-0.15, -0.1) is 0 Å². The molecule has 0 radical (unpaired) electrons. The van der Waals surface area contributed by atoms with Crippen LogP contribution in [0.25, 0.3) is 0 Å². The first-order valence-electron chi connectivity index (χ1n) is 7.88. The fraction of sp³-hybridized carbons (Fsp3) is 0.278. The largest absolute Gasteiger partial charge is 0.489 e. The van der Waals surface area contributed by atoms with Crippen LogP contribution in [0.2, 0.25) is 5.02 Å². The topological polar surface area (TPSA) is 47.6 Å². The summed E-state index contributed by atoms with van der Waals surface area (Å²) in [5.74, 6) is 0.290. The first-order chi connectivity index (χ1) is 12.3. The number of alkyl halides is 3. The third-order valence-corrected chi connectivity index (χ3v) is 4.05. The Balaban J connectivity index is 1.73. The molecular formula is C18H15ClF3NO3. The van der Waals surface area contributed by atoms with Crippen molar-refractivity contribution in [1.29, 1.82) is 0 Å². The Morgan fingerprint density at radius 2 is 1.92 bits per heavy atom. The summed E-state index contributed by atoms with van der Waals surface area (Å²) in [4.78, 5) is 12.3. The van der Waals surface area contributed by atoms with Gasteiger partial charge in [0.2, 0.25) is 0 Å². The molecule has 8 heteroatoms. The third-order valence-electron chi connectivity index (χ3n) is 3.77. The van der Waals surface area contributed by atoms with Crippen LogP contribution in [0.4, 0.5) is 13.2 Å². The molecule has 0 unspecified atom stereocenters. The zero-order chi connectivity index (χ0) is 18.7. The summed E-state index contributed by atoms with van der Waals surface area (Å²) in [6, 6.07) is 7.74. The van der Waals surface area contributed by atoms with E-state index in [9.17, 15) is 18.0 Å². The van der Waals surface area contributed by atoms with Gasteiger partial charge in [-0.1, -0.05) is 23.7 Å². The molecule has 0 atom stereocenters. The van der Waals surface area contributed by atoms with Crippen LogP contribution in [0.15, 0.2) is 36.4 Å². The first kappa shape index (κ1) is 18.4. The first-order valence-corrected chi connectivity index (χ1v) is 8.26. The Hall–Kier alpha value is -2.41. The van der Waals surface area contributed by atoms with E-state index in [0.717, 1.165) is 12.1 Å². The number of rotatable bonds is 3. The summed E-state index contributed by atoms with van der Waals surface area (Å²) < 4.78 is 49.2. The van der Waals surface area contributed by atoms with E-state index in [0.29, 0.717) is 36.7 Å². The average Bonchev–Trinajstić information content (AvgIpc) is 2.85. The number of carbonyl (C=O) groups is 1. The zero-order valence-corrected chi connectivity index (χ0v) is 14.3. The summed E-state index contributed by atoms with van der Waals surface area (Å²) in [6.07, 6.45) is -3.73. The number of hydrogen-bond acceptors (Lipinski definition) is 3. The molecule has 2 aromatic rings. The second-order valence-corrected chi connectivity index (χ2v) is 6.12. The minimum Gasteiger partial charge on any atom is -0.489 e. The summed E-state index contributed by atoms with van der Waals surface area (Å²) in [5, 5.41) is 2.83. The lowest BCUT2D eigenvalue weighted by atomic mass is 10.1. The SMILES string of the molecule is O=C(NCc1cccc(C(F)(F)F)c1)c1cc(Cl)c2c(c1)OCCCO2. The van der Waals surface area contributed by atoms with E-state index < -0.39 is 17.6 Å². The normalized spacial score (nSPS) is 13.8. The molecule has 138 valence electrons. The van der Waals surface area contributed by atoms with Gasteiger partial charge in [0, 0.05) is 18.5 Å². The van der Waals surface area contributed by atoms with Crippen molar-refractivity contribution in [2.75, 3.05) is 13.2 Å². The van der Waals surface area contributed by atoms with Crippen LogP contribution in [-0.4, -0.2) is 19.1 Å². The maximum absolute atomic E-state index is 12.7. The van der Waals surface area contributed by atoms with Crippen molar-refractivity contribution >= 4 is 17.5 Å². The van der Waals surface area contributed by atoms with Crippen LogP contribution in [0, 0.1) is 0 Å². The molecule has 1 heterocycles. The molecule has 2 aromatic carbocycles. The van der Waals surface area contributed by atoms with Gasteiger partial charge in [-0.05, 0) is 29.8 Å². The Morgan fingerprint density at radius 3 is 2.69 bits per heavy atom. The molecule has 1 amide bonds. The smallest absolute Gasteiger partial charge is 0.416 e. The molecule has 0 aliphatic carbocycles. The fourth-order valence-corrected chi connectivity index (χ4v) is 2.77. The van der Waals surface area contributed by atoms with E-state index in [-0.39, 0.29) is 17.1 Å². The maximum atomic E-state index is 12.7. The van der Waals surface area contributed by atoms with Crippen molar-refractivity contribution in [3.63, 3.8) is 0 Å². The lowest BCUT2D eigenvalue weighted by molar-refractivity contribution is -0.137. The lowest BCUT2D eigenvalue weighted by Gasteiger charge is -2.12. The number of ether oxygens (including phenoxy) is 2. The van der Waals surface area contributed by atoms with Gasteiger partial charge in [0.1, 0.15) is 0 Å². The molecule has 0 aromatic heterocycles. The molecule has 1 aliphatic rings. The molecule has 0 saturated carbocycles. The van der Waals surface area contributed by atoms with Crippen LogP contribution in [0.3, 0.4) is 0 Å². The Kier molecular flexibility index (Phi) is 5.27. The van der Waals surface area contributed by atoms with Crippen molar-refractivity contribution in [2.24, 2.45) is 0 Å². The van der Waals surface area contributed by atoms with E-state index in [1.165, 1.54) is 24.3 Å². The van der Waals surface area contributed by atoms with Gasteiger partial charge in [-0.3, -0.25) is 4.79 Å². The molecule has 3 rings (SSSR count). The minimum atomic E-state index is -4.43. The van der Waals surface area contributed by atoms with E-state index in [1.54, 1.807) is 0 Å². The number of hydrogen-bond donors (Lipinski definition) is 1. The molecule has 0 bridgehead atoms. The van der Waals surface area contributed by atoms with Gasteiger partial charge in [0.05, 0.1) is 23.8 Å². The molecule has 0 fully saturated rings. The number of nitrogens with one attached hydrogen (secondary N) is 1. The van der Waals surface area contributed by atoms with Crippen LogP contribution in [0.5, 0.6) is 11.5 Å². The molecule has 0 saturated heterocycles. The minimum absolute atomic E-state index is 0.0468. The highest BCUT2D eigenvalue weighted by Gasteiger charge is 2.30. The summed E-state index contributed by atoms with van der Waals surface area (Å²) in [6.45, 7) is 0.862. The predicted molar refractivity (Wildman–Crippen MR) is 89.7 cm³/mol. The number of amides is 1. The maximum Gasteiger partial charge on any atom is 0.416 e. The van der Waals surface area contributed by atoms with Gasteiger partial charge in [-0.25, -0.2) is 0 Å². The van der Waals surface area contributed by atoms with Crippen molar-refractivity contribution in [1.82, 2.24) is 5.32 Å². The molecule has 1 aliphatic heterocycles. The second kappa shape index (κ2) is 7.45. The molecule has 26 heavy (non-hydrogen) atoms. The summed E-state index contributed by atoms with van der Waals surface area (Å²) in [5.41, 5.74) is -0.178. The molecule has 4 nitrogen and oxygen atoms in total. The van der Waals surface area contributed by atoms with Gasteiger partial charge in [0.15, 0.2) is 11.5 Å².